The number of carbonyl (C=O) groups excluding carboxylic acids is 1. The highest BCUT2D eigenvalue weighted by molar-refractivity contribution is 5.83. The topological polar surface area (TPSA) is 65.2 Å². The lowest BCUT2D eigenvalue weighted by Crippen LogP contribution is -2.44. The zero-order chi connectivity index (χ0) is 17.2. The number of para-hydroxylation sites is 1. The highest BCUT2D eigenvalue weighted by Crippen LogP contribution is 2.21. The fourth-order valence-corrected chi connectivity index (χ4v) is 3.31. The minimum Gasteiger partial charge on any atom is -0.366 e. The number of aromatic nitrogens is 4. The lowest BCUT2D eigenvalue weighted by atomic mass is 10.2. The third-order valence-electron chi connectivity index (χ3n) is 4.68. The third-order valence-corrected chi connectivity index (χ3v) is 4.68. The average Bonchev–Trinajstić information content (AvgIpc) is 3.29. The first-order valence-electron chi connectivity index (χ1n) is 8.57. The highest BCUT2D eigenvalue weighted by atomic mass is 16.5. The number of nitrogens with zero attached hydrogens (tertiary/aromatic N) is 5. The Morgan fingerprint density at radius 2 is 2.16 bits per heavy atom. The molecule has 25 heavy (non-hydrogen) atoms. The van der Waals surface area contributed by atoms with Gasteiger partial charge in [0.1, 0.15) is 19.0 Å². The fraction of sp³-hybridized carbons (Fsp3) is 0.389. The van der Waals surface area contributed by atoms with Crippen LogP contribution in [-0.4, -0.2) is 49.8 Å². The number of carbonyl (C=O) groups is 1. The number of ether oxygens (including phenoxy) is 1. The van der Waals surface area contributed by atoms with Crippen molar-refractivity contribution >= 4 is 16.8 Å². The predicted octanol–water partition coefficient (Wildman–Crippen LogP) is 1.85. The van der Waals surface area contributed by atoms with Gasteiger partial charge in [-0.3, -0.25) is 4.79 Å². The Balaban J connectivity index is 1.48. The van der Waals surface area contributed by atoms with Gasteiger partial charge in [0.05, 0.1) is 13.2 Å². The molecule has 130 valence electrons. The summed E-state index contributed by atoms with van der Waals surface area (Å²) >= 11 is 0. The monoisotopic (exact) mass is 339 g/mol. The van der Waals surface area contributed by atoms with E-state index in [4.69, 9.17) is 4.74 Å². The molecule has 1 fully saturated rings. The maximum atomic E-state index is 12.8. The summed E-state index contributed by atoms with van der Waals surface area (Å²) in [5.41, 5.74) is 1.08. The molecule has 1 aromatic carbocycles. The molecule has 1 atom stereocenters. The van der Waals surface area contributed by atoms with Gasteiger partial charge in [-0.2, -0.15) is 0 Å². The third kappa shape index (κ3) is 3.02. The number of hydrogen-bond acceptors (Lipinski definition) is 4. The standard InChI is InChI=1S/C18H21N5O2/c1-2-21-13-19-20-18(21)16-11-23(9-10-25-16)17(24)12-22-8-7-14-5-3-4-6-15(14)22/h3-8,13,16H,2,9-12H2,1H3/t16-/m1/s1. The quantitative estimate of drug-likeness (QED) is 0.728. The minimum atomic E-state index is -0.221. The van der Waals surface area contributed by atoms with Crippen LogP contribution in [0, 0.1) is 0 Å². The van der Waals surface area contributed by atoms with Gasteiger partial charge in [-0.1, -0.05) is 18.2 Å². The van der Waals surface area contributed by atoms with Gasteiger partial charge in [0.2, 0.25) is 5.91 Å². The van der Waals surface area contributed by atoms with Crippen molar-refractivity contribution in [2.45, 2.75) is 26.1 Å². The zero-order valence-electron chi connectivity index (χ0n) is 14.2. The summed E-state index contributed by atoms with van der Waals surface area (Å²) in [5, 5.41) is 9.27. The van der Waals surface area contributed by atoms with E-state index in [1.165, 1.54) is 0 Å². The van der Waals surface area contributed by atoms with E-state index >= 15 is 0 Å². The summed E-state index contributed by atoms with van der Waals surface area (Å²) in [4.78, 5) is 14.6. The number of fused-ring (bicyclic) bond motifs is 1. The van der Waals surface area contributed by atoms with E-state index in [2.05, 4.69) is 16.3 Å². The molecule has 0 spiro atoms. The Kier molecular flexibility index (Phi) is 4.23. The Hall–Kier alpha value is -2.67. The van der Waals surface area contributed by atoms with Gasteiger partial charge in [-0.25, -0.2) is 0 Å². The van der Waals surface area contributed by atoms with Gasteiger partial charge >= 0.3 is 0 Å². The van der Waals surface area contributed by atoms with E-state index in [0.717, 1.165) is 23.3 Å². The first-order valence-corrected chi connectivity index (χ1v) is 8.57. The molecule has 0 bridgehead atoms. The number of rotatable bonds is 4. The summed E-state index contributed by atoms with van der Waals surface area (Å²) in [5.74, 6) is 0.878. The van der Waals surface area contributed by atoms with Crippen molar-refractivity contribution in [3.63, 3.8) is 0 Å². The van der Waals surface area contributed by atoms with Crippen molar-refractivity contribution in [2.24, 2.45) is 0 Å². The van der Waals surface area contributed by atoms with Gasteiger partial charge in [-0.05, 0) is 24.4 Å². The van der Waals surface area contributed by atoms with Crippen molar-refractivity contribution in [3.05, 3.63) is 48.7 Å². The molecule has 3 heterocycles. The van der Waals surface area contributed by atoms with Crippen molar-refractivity contribution < 1.29 is 9.53 Å². The molecular formula is C18H21N5O2. The fourth-order valence-electron chi connectivity index (χ4n) is 3.31. The average molecular weight is 339 g/mol. The van der Waals surface area contributed by atoms with Crippen LogP contribution in [0.4, 0.5) is 0 Å². The highest BCUT2D eigenvalue weighted by Gasteiger charge is 2.28. The first-order chi connectivity index (χ1) is 12.3. The van der Waals surface area contributed by atoms with Crippen molar-refractivity contribution in [1.82, 2.24) is 24.2 Å². The van der Waals surface area contributed by atoms with Crippen LogP contribution < -0.4 is 0 Å². The molecule has 2 aromatic heterocycles. The van der Waals surface area contributed by atoms with Crippen molar-refractivity contribution in [3.8, 4) is 0 Å². The molecule has 0 unspecified atom stereocenters. The normalized spacial score (nSPS) is 18.0. The molecule has 7 heteroatoms. The molecule has 1 aliphatic heterocycles. The van der Waals surface area contributed by atoms with Crippen LogP contribution in [-0.2, 0) is 22.6 Å². The molecule has 0 aliphatic carbocycles. The minimum absolute atomic E-state index is 0.0946. The SMILES string of the molecule is CCn1cnnc1[C@H]1CN(C(=O)Cn2ccc3ccccc32)CCO1. The first kappa shape index (κ1) is 15.8. The van der Waals surface area contributed by atoms with Crippen LogP contribution in [0.3, 0.4) is 0 Å². The largest absolute Gasteiger partial charge is 0.366 e. The van der Waals surface area contributed by atoms with Crippen molar-refractivity contribution in [1.29, 1.82) is 0 Å². The number of hydrogen-bond donors (Lipinski definition) is 0. The molecule has 3 aromatic rings. The van der Waals surface area contributed by atoms with Crippen LogP contribution in [0.1, 0.15) is 18.9 Å². The van der Waals surface area contributed by atoms with E-state index in [9.17, 15) is 4.79 Å². The number of benzene rings is 1. The van der Waals surface area contributed by atoms with Crippen LogP contribution in [0.25, 0.3) is 10.9 Å². The summed E-state index contributed by atoms with van der Waals surface area (Å²) in [6.07, 6.45) is 3.45. The van der Waals surface area contributed by atoms with Gasteiger partial charge in [-0.15, -0.1) is 10.2 Å². The smallest absolute Gasteiger partial charge is 0.242 e. The van der Waals surface area contributed by atoms with Crippen molar-refractivity contribution in [2.75, 3.05) is 19.7 Å². The molecule has 1 aliphatic rings. The Labute approximate surface area is 145 Å². The number of aryl methyl sites for hydroxylation is 1. The number of morpholine rings is 1. The summed E-state index contributed by atoms with van der Waals surface area (Å²) in [6.45, 7) is 4.78. The summed E-state index contributed by atoms with van der Waals surface area (Å²) in [7, 11) is 0. The van der Waals surface area contributed by atoms with Gasteiger partial charge < -0.3 is 18.8 Å². The lowest BCUT2D eigenvalue weighted by Gasteiger charge is -2.32. The van der Waals surface area contributed by atoms with Gasteiger partial charge in [0, 0.05) is 24.8 Å². The van der Waals surface area contributed by atoms with E-state index in [1.54, 1.807) is 6.33 Å². The Morgan fingerprint density at radius 3 is 3.04 bits per heavy atom. The van der Waals surface area contributed by atoms with E-state index < -0.39 is 0 Å². The maximum absolute atomic E-state index is 12.8. The molecular weight excluding hydrogens is 318 g/mol. The van der Waals surface area contributed by atoms with Crippen LogP contribution in [0.2, 0.25) is 0 Å². The Bertz CT molecular complexity index is 884. The number of amides is 1. The Morgan fingerprint density at radius 1 is 1.28 bits per heavy atom. The molecule has 4 rings (SSSR count). The molecule has 1 amide bonds. The molecule has 0 saturated carbocycles. The van der Waals surface area contributed by atoms with E-state index in [0.29, 0.717) is 26.2 Å². The van der Waals surface area contributed by atoms with E-state index in [1.807, 2.05) is 51.4 Å². The predicted molar refractivity (Wildman–Crippen MR) is 92.9 cm³/mol. The maximum Gasteiger partial charge on any atom is 0.242 e. The molecule has 0 N–H and O–H groups in total. The zero-order valence-corrected chi connectivity index (χ0v) is 14.2. The summed E-state index contributed by atoms with van der Waals surface area (Å²) < 4.78 is 9.78. The molecule has 1 saturated heterocycles. The lowest BCUT2D eigenvalue weighted by molar-refractivity contribution is -0.140. The summed E-state index contributed by atoms with van der Waals surface area (Å²) in [6, 6.07) is 10.1. The van der Waals surface area contributed by atoms with Gasteiger partial charge in [0.15, 0.2) is 5.82 Å². The second-order valence-corrected chi connectivity index (χ2v) is 6.18. The van der Waals surface area contributed by atoms with Crippen LogP contribution in [0.15, 0.2) is 42.9 Å². The van der Waals surface area contributed by atoms with Gasteiger partial charge in [0.25, 0.3) is 0 Å². The van der Waals surface area contributed by atoms with E-state index in [-0.39, 0.29) is 12.0 Å². The molecule has 7 nitrogen and oxygen atoms in total. The second-order valence-electron chi connectivity index (χ2n) is 6.18. The van der Waals surface area contributed by atoms with Crippen LogP contribution >= 0.6 is 0 Å². The second kappa shape index (κ2) is 6.68. The molecule has 0 radical (unpaired) electrons. The van der Waals surface area contributed by atoms with Crippen LogP contribution in [0.5, 0.6) is 0 Å².